The first-order valence-corrected chi connectivity index (χ1v) is 8.43. The number of rotatable bonds is 6. The van der Waals surface area contributed by atoms with Crippen LogP contribution in [0.1, 0.15) is 31.2 Å². The molecule has 1 saturated heterocycles. The molecule has 2 fully saturated rings. The van der Waals surface area contributed by atoms with E-state index in [0.717, 1.165) is 19.1 Å². The highest BCUT2D eigenvalue weighted by Crippen LogP contribution is 2.23. The minimum Gasteiger partial charge on any atom is -0.346 e. The lowest BCUT2D eigenvalue weighted by atomic mass is 10.1. The van der Waals surface area contributed by atoms with Crippen LogP contribution in [0.5, 0.6) is 0 Å². The second-order valence-corrected chi connectivity index (χ2v) is 6.57. The van der Waals surface area contributed by atoms with E-state index in [9.17, 15) is 0 Å². The van der Waals surface area contributed by atoms with Crippen LogP contribution >= 0.6 is 0 Å². The topological polar surface area (TPSA) is 20.2 Å². The molecule has 1 aromatic heterocycles. The molecule has 2 aliphatic rings. The minimum atomic E-state index is 0.772. The van der Waals surface area contributed by atoms with Crippen LogP contribution in [0.25, 0.3) is 10.9 Å². The van der Waals surface area contributed by atoms with Crippen molar-refractivity contribution in [3.63, 3.8) is 0 Å². The fourth-order valence-corrected chi connectivity index (χ4v) is 3.47. The van der Waals surface area contributed by atoms with Gasteiger partial charge in [0.25, 0.3) is 0 Å². The molecule has 0 radical (unpaired) electrons. The second kappa shape index (κ2) is 5.82. The first-order chi connectivity index (χ1) is 10.4. The second-order valence-electron chi connectivity index (χ2n) is 6.57. The number of hydrogen-bond donors (Lipinski definition) is 1. The van der Waals surface area contributed by atoms with Crippen LogP contribution in [0.3, 0.4) is 0 Å². The van der Waals surface area contributed by atoms with Gasteiger partial charge in [0.05, 0.1) is 5.52 Å². The summed E-state index contributed by atoms with van der Waals surface area (Å²) in [5, 5.41) is 5.04. The van der Waals surface area contributed by atoms with Gasteiger partial charge in [-0.1, -0.05) is 18.2 Å². The summed E-state index contributed by atoms with van der Waals surface area (Å²) >= 11 is 0. The fourth-order valence-electron chi connectivity index (χ4n) is 3.47. The summed E-state index contributed by atoms with van der Waals surface area (Å²) in [6.45, 7) is 5.89. The maximum atomic E-state index is 3.66. The van der Waals surface area contributed by atoms with E-state index in [2.05, 4.69) is 45.2 Å². The van der Waals surface area contributed by atoms with Gasteiger partial charge in [0.15, 0.2) is 0 Å². The van der Waals surface area contributed by atoms with Gasteiger partial charge in [0.1, 0.15) is 0 Å². The van der Waals surface area contributed by atoms with Crippen LogP contribution in [0.4, 0.5) is 0 Å². The van der Waals surface area contributed by atoms with E-state index < -0.39 is 0 Å². The zero-order valence-corrected chi connectivity index (χ0v) is 12.7. The van der Waals surface area contributed by atoms with Gasteiger partial charge in [-0.15, -0.1) is 0 Å². The van der Waals surface area contributed by atoms with E-state index in [4.69, 9.17) is 0 Å². The Bertz CT molecular complexity index is 606. The maximum Gasteiger partial charge on any atom is 0.0526 e. The van der Waals surface area contributed by atoms with Crippen molar-refractivity contribution in [3.8, 4) is 0 Å². The van der Waals surface area contributed by atoms with Crippen molar-refractivity contribution in [1.29, 1.82) is 0 Å². The summed E-state index contributed by atoms with van der Waals surface area (Å²) in [6.07, 6.45) is 7.73. The summed E-state index contributed by atoms with van der Waals surface area (Å²) in [7, 11) is 0. The number of nitrogens with zero attached hydrogens (tertiary/aromatic N) is 2. The van der Waals surface area contributed by atoms with E-state index in [-0.39, 0.29) is 0 Å². The third kappa shape index (κ3) is 2.99. The normalized spacial score (nSPS) is 19.6. The first-order valence-electron chi connectivity index (χ1n) is 8.43. The summed E-state index contributed by atoms with van der Waals surface area (Å²) in [5.41, 5.74) is 2.88. The number of para-hydroxylation sites is 1. The molecule has 4 rings (SSSR count). The lowest BCUT2D eigenvalue weighted by Crippen LogP contribution is -2.24. The van der Waals surface area contributed by atoms with Crippen molar-refractivity contribution >= 4 is 10.9 Å². The number of hydrogen-bond acceptors (Lipinski definition) is 2. The third-order valence-corrected chi connectivity index (χ3v) is 4.89. The van der Waals surface area contributed by atoms with Crippen molar-refractivity contribution in [2.45, 2.75) is 44.8 Å². The van der Waals surface area contributed by atoms with E-state index in [1.54, 1.807) is 0 Å². The summed E-state index contributed by atoms with van der Waals surface area (Å²) in [6, 6.07) is 9.75. The SMILES string of the molecule is c1cc(CNC2CC2)c2c(c1)ccn2CCN1CCCC1. The van der Waals surface area contributed by atoms with Crippen LogP contribution in [0.15, 0.2) is 30.5 Å². The van der Waals surface area contributed by atoms with Gasteiger partial charge in [0.2, 0.25) is 0 Å². The molecule has 21 heavy (non-hydrogen) atoms. The quantitative estimate of drug-likeness (QED) is 0.879. The first kappa shape index (κ1) is 13.4. The highest BCUT2D eigenvalue weighted by atomic mass is 15.2. The monoisotopic (exact) mass is 283 g/mol. The summed E-state index contributed by atoms with van der Waals surface area (Å²) in [4.78, 5) is 2.59. The molecular weight excluding hydrogens is 258 g/mol. The van der Waals surface area contributed by atoms with Gasteiger partial charge >= 0.3 is 0 Å². The zero-order chi connectivity index (χ0) is 14.1. The van der Waals surface area contributed by atoms with Gasteiger partial charge in [-0.3, -0.25) is 0 Å². The van der Waals surface area contributed by atoms with Crippen molar-refractivity contribution < 1.29 is 0 Å². The predicted molar refractivity (Wildman–Crippen MR) is 87.5 cm³/mol. The van der Waals surface area contributed by atoms with Gasteiger partial charge in [-0.05, 0) is 55.8 Å². The molecule has 1 aromatic carbocycles. The van der Waals surface area contributed by atoms with Gasteiger partial charge in [-0.25, -0.2) is 0 Å². The minimum absolute atomic E-state index is 0.772. The summed E-state index contributed by atoms with van der Waals surface area (Å²) in [5.74, 6) is 0. The van der Waals surface area contributed by atoms with Crippen LogP contribution in [0, 0.1) is 0 Å². The van der Waals surface area contributed by atoms with Crippen molar-refractivity contribution in [3.05, 3.63) is 36.0 Å². The van der Waals surface area contributed by atoms with Crippen LogP contribution < -0.4 is 5.32 Å². The van der Waals surface area contributed by atoms with Gasteiger partial charge in [-0.2, -0.15) is 0 Å². The molecule has 3 heteroatoms. The molecule has 0 atom stereocenters. The largest absolute Gasteiger partial charge is 0.346 e. The van der Waals surface area contributed by atoms with Crippen molar-refractivity contribution in [1.82, 2.24) is 14.8 Å². The molecule has 0 bridgehead atoms. The van der Waals surface area contributed by atoms with Crippen molar-refractivity contribution in [2.24, 2.45) is 0 Å². The Morgan fingerprint density at radius 2 is 1.90 bits per heavy atom. The molecule has 1 saturated carbocycles. The predicted octanol–water partition coefficient (Wildman–Crippen LogP) is 2.99. The molecule has 0 amide bonds. The molecule has 0 spiro atoms. The number of aromatic nitrogens is 1. The highest BCUT2D eigenvalue weighted by Gasteiger charge is 2.20. The molecule has 2 heterocycles. The Hall–Kier alpha value is -1.32. The lowest BCUT2D eigenvalue weighted by molar-refractivity contribution is 0.324. The Morgan fingerprint density at radius 3 is 2.71 bits per heavy atom. The number of likely N-dealkylation sites (tertiary alicyclic amines) is 1. The van der Waals surface area contributed by atoms with E-state index in [1.807, 2.05) is 0 Å². The van der Waals surface area contributed by atoms with Crippen LogP contribution in [-0.2, 0) is 13.1 Å². The van der Waals surface area contributed by atoms with Crippen LogP contribution in [0.2, 0.25) is 0 Å². The van der Waals surface area contributed by atoms with Gasteiger partial charge < -0.3 is 14.8 Å². The van der Waals surface area contributed by atoms with Gasteiger partial charge in [0, 0.05) is 31.9 Å². The molecule has 112 valence electrons. The smallest absolute Gasteiger partial charge is 0.0526 e. The average molecular weight is 283 g/mol. The highest BCUT2D eigenvalue weighted by molar-refractivity contribution is 5.83. The van der Waals surface area contributed by atoms with Crippen molar-refractivity contribution in [2.75, 3.05) is 19.6 Å². The van der Waals surface area contributed by atoms with Crippen LogP contribution in [-0.4, -0.2) is 35.1 Å². The Labute approximate surface area is 126 Å². The zero-order valence-electron chi connectivity index (χ0n) is 12.7. The standard InChI is InChI=1S/C18H25N3/c1-2-10-20(9-1)12-13-21-11-8-15-4-3-5-16(18(15)21)14-19-17-6-7-17/h3-5,8,11,17,19H,1-2,6-7,9-10,12-14H2. The lowest BCUT2D eigenvalue weighted by Gasteiger charge is -2.16. The van der Waals surface area contributed by atoms with E-state index in [1.165, 1.54) is 61.8 Å². The Balaban J connectivity index is 1.52. The Morgan fingerprint density at radius 1 is 1.05 bits per heavy atom. The third-order valence-electron chi connectivity index (χ3n) is 4.89. The molecule has 1 aliphatic carbocycles. The molecule has 1 aliphatic heterocycles. The molecule has 2 aromatic rings. The number of fused-ring (bicyclic) bond motifs is 1. The maximum absolute atomic E-state index is 3.66. The molecular formula is C18H25N3. The molecule has 1 N–H and O–H groups in total. The number of nitrogens with one attached hydrogen (secondary N) is 1. The molecule has 3 nitrogen and oxygen atoms in total. The number of benzene rings is 1. The van der Waals surface area contributed by atoms with E-state index in [0.29, 0.717) is 0 Å². The molecule has 0 unspecified atom stereocenters. The Kier molecular flexibility index (Phi) is 3.70. The van der Waals surface area contributed by atoms with E-state index >= 15 is 0 Å². The average Bonchev–Trinajstić information content (AvgIpc) is 3.01. The fraction of sp³-hybridized carbons (Fsp3) is 0.556. The summed E-state index contributed by atoms with van der Waals surface area (Å²) < 4.78 is 2.46.